The largest absolute Gasteiger partial charge is 0.395 e. The molecule has 0 aliphatic carbocycles. The Bertz CT molecular complexity index is 396. The predicted octanol–water partition coefficient (Wildman–Crippen LogP) is 1.51. The lowest BCUT2D eigenvalue weighted by atomic mass is 10.2. The third-order valence-electron chi connectivity index (χ3n) is 2.37. The highest BCUT2D eigenvalue weighted by Crippen LogP contribution is 2.19. The number of amides is 1. The van der Waals surface area contributed by atoms with Crippen molar-refractivity contribution < 1.29 is 9.90 Å². The molecule has 0 spiro atoms. The van der Waals surface area contributed by atoms with Gasteiger partial charge in [-0.05, 0) is 31.7 Å². The van der Waals surface area contributed by atoms with Crippen molar-refractivity contribution in [2.45, 2.75) is 6.92 Å². The van der Waals surface area contributed by atoms with Crippen LogP contribution in [-0.4, -0.2) is 42.7 Å². The summed E-state index contributed by atoms with van der Waals surface area (Å²) in [6.07, 6.45) is 0. The molecule has 0 aromatic heterocycles. The fraction of sp³-hybridized carbons (Fsp3) is 0.417. The number of aliphatic hydroxyl groups is 1. The molecular formula is C12H17ClN2O2. The number of rotatable bonds is 5. The molecule has 1 aromatic carbocycles. The van der Waals surface area contributed by atoms with Crippen LogP contribution in [0.25, 0.3) is 0 Å². The maximum absolute atomic E-state index is 11.7. The van der Waals surface area contributed by atoms with Crippen LogP contribution in [0.2, 0.25) is 5.02 Å². The van der Waals surface area contributed by atoms with E-state index in [-0.39, 0.29) is 19.1 Å². The van der Waals surface area contributed by atoms with E-state index in [4.69, 9.17) is 16.7 Å². The molecule has 94 valence electrons. The molecule has 0 saturated carbocycles. The Morgan fingerprint density at radius 2 is 2.24 bits per heavy atom. The minimum Gasteiger partial charge on any atom is -0.395 e. The van der Waals surface area contributed by atoms with E-state index in [1.54, 1.807) is 24.1 Å². The summed E-state index contributed by atoms with van der Waals surface area (Å²) >= 11 is 5.86. The smallest absolute Gasteiger partial charge is 0.238 e. The van der Waals surface area contributed by atoms with Gasteiger partial charge in [0.15, 0.2) is 0 Å². The van der Waals surface area contributed by atoms with Crippen molar-refractivity contribution >= 4 is 23.2 Å². The number of nitrogens with zero attached hydrogens (tertiary/aromatic N) is 1. The van der Waals surface area contributed by atoms with Gasteiger partial charge in [0.1, 0.15) is 0 Å². The molecule has 17 heavy (non-hydrogen) atoms. The summed E-state index contributed by atoms with van der Waals surface area (Å²) in [6.45, 7) is 2.66. The molecule has 5 heteroatoms. The first-order chi connectivity index (χ1) is 8.02. The average Bonchev–Trinajstić information content (AvgIpc) is 2.23. The Morgan fingerprint density at radius 3 is 2.88 bits per heavy atom. The van der Waals surface area contributed by atoms with Crippen molar-refractivity contribution in [1.29, 1.82) is 0 Å². The normalized spacial score (nSPS) is 10.6. The van der Waals surface area contributed by atoms with Crippen LogP contribution in [0.4, 0.5) is 5.69 Å². The second-order valence-corrected chi connectivity index (χ2v) is 4.41. The van der Waals surface area contributed by atoms with Gasteiger partial charge < -0.3 is 10.4 Å². The van der Waals surface area contributed by atoms with Gasteiger partial charge in [0.25, 0.3) is 0 Å². The van der Waals surface area contributed by atoms with Gasteiger partial charge in [-0.15, -0.1) is 0 Å². The van der Waals surface area contributed by atoms with Gasteiger partial charge in [0, 0.05) is 17.3 Å². The summed E-state index contributed by atoms with van der Waals surface area (Å²) in [5, 5.41) is 12.1. The summed E-state index contributed by atoms with van der Waals surface area (Å²) in [6, 6.07) is 5.36. The molecule has 1 amide bonds. The van der Waals surface area contributed by atoms with Crippen LogP contribution in [-0.2, 0) is 4.79 Å². The Balaban J connectivity index is 2.58. The van der Waals surface area contributed by atoms with Crippen molar-refractivity contribution in [3.05, 3.63) is 28.8 Å². The minimum absolute atomic E-state index is 0.0416. The second kappa shape index (κ2) is 6.59. The number of nitrogens with one attached hydrogen (secondary N) is 1. The first-order valence-electron chi connectivity index (χ1n) is 5.38. The molecule has 0 aliphatic rings. The van der Waals surface area contributed by atoms with E-state index in [2.05, 4.69) is 5.32 Å². The van der Waals surface area contributed by atoms with Crippen LogP contribution >= 0.6 is 11.6 Å². The van der Waals surface area contributed by atoms with E-state index in [0.29, 0.717) is 11.6 Å². The summed E-state index contributed by atoms with van der Waals surface area (Å²) in [5.41, 5.74) is 1.69. The lowest BCUT2D eigenvalue weighted by Gasteiger charge is -2.15. The maximum Gasteiger partial charge on any atom is 0.238 e. The Hall–Kier alpha value is -1.10. The van der Waals surface area contributed by atoms with E-state index in [1.165, 1.54) is 0 Å². The van der Waals surface area contributed by atoms with Gasteiger partial charge in [-0.1, -0.05) is 17.7 Å². The first-order valence-corrected chi connectivity index (χ1v) is 5.76. The molecule has 0 bridgehead atoms. The fourth-order valence-electron chi connectivity index (χ4n) is 1.41. The number of carbonyl (C=O) groups is 1. The standard InChI is InChI=1S/C12H17ClN2O2/c1-9-3-4-10(13)7-11(9)14-12(17)8-15(2)5-6-16/h3-4,7,16H,5-6,8H2,1-2H3,(H,14,17). The SMILES string of the molecule is Cc1ccc(Cl)cc1NC(=O)CN(C)CCO. The van der Waals surface area contributed by atoms with E-state index in [1.807, 2.05) is 13.0 Å². The maximum atomic E-state index is 11.7. The molecule has 4 nitrogen and oxygen atoms in total. The van der Waals surface area contributed by atoms with Gasteiger partial charge in [0.2, 0.25) is 5.91 Å². The Labute approximate surface area is 106 Å². The first kappa shape index (κ1) is 14.0. The van der Waals surface area contributed by atoms with Gasteiger partial charge >= 0.3 is 0 Å². The van der Waals surface area contributed by atoms with Crippen LogP contribution in [0.1, 0.15) is 5.56 Å². The van der Waals surface area contributed by atoms with E-state index >= 15 is 0 Å². The van der Waals surface area contributed by atoms with Crippen molar-refractivity contribution in [1.82, 2.24) is 4.90 Å². The third-order valence-corrected chi connectivity index (χ3v) is 2.60. The van der Waals surface area contributed by atoms with Crippen molar-refractivity contribution in [2.75, 3.05) is 32.1 Å². The fourth-order valence-corrected chi connectivity index (χ4v) is 1.59. The van der Waals surface area contributed by atoms with Crippen LogP contribution in [0.15, 0.2) is 18.2 Å². The highest BCUT2D eigenvalue weighted by Gasteiger charge is 2.08. The van der Waals surface area contributed by atoms with Crippen LogP contribution in [0, 0.1) is 6.92 Å². The molecule has 0 aliphatic heterocycles. The van der Waals surface area contributed by atoms with E-state index in [9.17, 15) is 4.79 Å². The highest BCUT2D eigenvalue weighted by molar-refractivity contribution is 6.31. The van der Waals surface area contributed by atoms with E-state index < -0.39 is 0 Å². The Morgan fingerprint density at radius 1 is 1.53 bits per heavy atom. The number of hydrogen-bond donors (Lipinski definition) is 2. The molecule has 1 aromatic rings. The van der Waals surface area contributed by atoms with Crippen LogP contribution < -0.4 is 5.32 Å². The number of aryl methyl sites for hydroxylation is 1. The topological polar surface area (TPSA) is 52.6 Å². The van der Waals surface area contributed by atoms with Gasteiger partial charge in [-0.3, -0.25) is 9.69 Å². The number of carbonyl (C=O) groups excluding carboxylic acids is 1. The average molecular weight is 257 g/mol. The van der Waals surface area contributed by atoms with E-state index in [0.717, 1.165) is 11.3 Å². The number of benzene rings is 1. The monoisotopic (exact) mass is 256 g/mol. The third kappa shape index (κ3) is 4.73. The summed E-state index contributed by atoms with van der Waals surface area (Å²) in [4.78, 5) is 13.4. The number of hydrogen-bond acceptors (Lipinski definition) is 3. The minimum atomic E-state index is -0.119. The molecule has 0 atom stereocenters. The summed E-state index contributed by atoms with van der Waals surface area (Å²) < 4.78 is 0. The van der Waals surface area contributed by atoms with Crippen molar-refractivity contribution in [2.24, 2.45) is 0 Å². The Kier molecular flexibility index (Phi) is 5.41. The second-order valence-electron chi connectivity index (χ2n) is 3.97. The molecule has 0 saturated heterocycles. The zero-order chi connectivity index (χ0) is 12.8. The number of anilines is 1. The van der Waals surface area contributed by atoms with Crippen molar-refractivity contribution in [3.63, 3.8) is 0 Å². The van der Waals surface area contributed by atoms with Crippen LogP contribution in [0.5, 0.6) is 0 Å². The van der Waals surface area contributed by atoms with Gasteiger partial charge in [-0.25, -0.2) is 0 Å². The highest BCUT2D eigenvalue weighted by atomic mass is 35.5. The van der Waals surface area contributed by atoms with Crippen molar-refractivity contribution in [3.8, 4) is 0 Å². The lowest BCUT2D eigenvalue weighted by Crippen LogP contribution is -2.32. The molecule has 0 heterocycles. The molecule has 0 radical (unpaired) electrons. The number of halogens is 1. The van der Waals surface area contributed by atoms with Gasteiger partial charge in [-0.2, -0.15) is 0 Å². The molecule has 0 unspecified atom stereocenters. The van der Waals surface area contributed by atoms with Crippen LogP contribution in [0.3, 0.4) is 0 Å². The number of aliphatic hydroxyl groups excluding tert-OH is 1. The van der Waals surface area contributed by atoms with Gasteiger partial charge in [0.05, 0.1) is 13.2 Å². The molecule has 1 rings (SSSR count). The summed E-state index contributed by atoms with van der Waals surface area (Å²) in [7, 11) is 1.78. The zero-order valence-corrected chi connectivity index (χ0v) is 10.8. The lowest BCUT2D eigenvalue weighted by molar-refractivity contribution is -0.117. The quantitative estimate of drug-likeness (QED) is 0.840. The number of likely N-dealkylation sites (N-methyl/N-ethyl adjacent to an activating group) is 1. The summed E-state index contributed by atoms with van der Waals surface area (Å²) in [5.74, 6) is -0.119. The molecular weight excluding hydrogens is 240 g/mol. The molecule has 2 N–H and O–H groups in total. The molecule has 0 fully saturated rings. The predicted molar refractivity (Wildman–Crippen MR) is 69.4 cm³/mol. The zero-order valence-electron chi connectivity index (χ0n) is 10.0.